The van der Waals surface area contributed by atoms with Crippen LogP contribution >= 0.6 is 0 Å². The van der Waals surface area contributed by atoms with Crippen molar-refractivity contribution < 1.29 is 4.79 Å². The van der Waals surface area contributed by atoms with Crippen molar-refractivity contribution >= 4 is 5.91 Å². The summed E-state index contributed by atoms with van der Waals surface area (Å²) in [4.78, 5) is 16.2. The van der Waals surface area contributed by atoms with E-state index in [-0.39, 0.29) is 0 Å². The predicted octanol–water partition coefficient (Wildman–Crippen LogP) is 1.73. The Morgan fingerprint density at radius 3 is 2.53 bits per heavy atom. The lowest BCUT2D eigenvalue weighted by atomic mass is 10.2. The first kappa shape index (κ1) is 12.5. The van der Waals surface area contributed by atoms with Crippen LogP contribution in [-0.2, 0) is 4.79 Å². The van der Waals surface area contributed by atoms with Crippen LogP contribution in [0, 0.1) is 0 Å². The zero-order valence-electron chi connectivity index (χ0n) is 10.3. The molecule has 0 aliphatic carbocycles. The molecule has 0 radical (unpaired) electrons. The Labute approximate surface area is 93.4 Å². The van der Waals surface area contributed by atoms with E-state index in [0.717, 1.165) is 39.0 Å². The Morgan fingerprint density at radius 1 is 1.33 bits per heavy atom. The summed E-state index contributed by atoms with van der Waals surface area (Å²) in [6.07, 6.45) is 2.83. The Balaban J connectivity index is 2.41. The lowest BCUT2D eigenvalue weighted by Gasteiger charge is -2.26. The third-order valence-corrected chi connectivity index (χ3v) is 3.31. The molecule has 1 saturated heterocycles. The maximum Gasteiger partial charge on any atom is 0.222 e. The van der Waals surface area contributed by atoms with Gasteiger partial charge in [-0.05, 0) is 25.9 Å². The number of likely N-dealkylation sites (tertiary alicyclic amines) is 1. The summed E-state index contributed by atoms with van der Waals surface area (Å²) < 4.78 is 0. The SMILES string of the molecule is CCCC(=O)N1CCC(N(CC)CC)C1. The van der Waals surface area contributed by atoms with Crippen molar-refractivity contribution in [1.82, 2.24) is 9.80 Å². The highest BCUT2D eigenvalue weighted by Gasteiger charge is 2.28. The van der Waals surface area contributed by atoms with Gasteiger partial charge in [0.25, 0.3) is 0 Å². The predicted molar refractivity (Wildman–Crippen MR) is 62.8 cm³/mol. The topological polar surface area (TPSA) is 23.6 Å². The van der Waals surface area contributed by atoms with E-state index >= 15 is 0 Å². The first-order valence-electron chi connectivity index (χ1n) is 6.24. The van der Waals surface area contributed by atoms with Crippen molar-refractivity contribution in [3.63, 3.8) is 0 Å². The number of carbonyl (C=O) groups is 1. The molecule has 0 bridgehead atoms. The van der Waals surface area contributed by atoms with E-state index in [4.69, 9.17) is 0 Å². The van der Waals surface area contributed by atoms with Crippen molar-refractivity contribution in [3.8, 4) is 0 Å². The Morgan fingerprint density at radius 2 is 2.00 bits per heavy atom. The molecule has 1 atom stereocenters. The van der Waals surface area contributed by atoms with Crippen LogP contribution in [0.25, 0.3) is 0 Å². The van der Waals surface area contributed by atoms with Gasteiger partial charge in [0.1, 0.15) is 0 Å². The molecule has 0 aromatic carbocycles. The molecule has 0 saturated carbocycles. The molecule has 1 amide bonds. The summed E-state index contributed by atoms with van der Waals surface area (Å²) in [7, 11) is 0. The molecule has 88 valence electrons. The third-order valence-electron chi connectivity index (χ3n) is 3.31. The molecule has 1 unspecified atom stereocenters. The average Bonchev–Trinajstić information content (AvgIpc) is 2.69. The molecule has 3 nitrogen and oxygen atoms in total. The van der Waals surface area contributed by atoms with Gasteiger partial charge in [-0.15, -0.1) is 0 Å². The molecular formula is C12H24N2O. The molecule has 1 heterocycles. The zero-order valence-corrected chi connectivity index (χ0v) is 10.3. The minimum Gasteiger partial charge on any atom is -0.341 e. The summed E-state index contributed by atoms with van der Waals surface area (Å²) in [6, 6.07) is 0.598. The van der Waals surface area contributed by atoms with Crippen molar-refractivity contribution in [3.05, 3.63) is 0 Å². The summed E-state index contributed by atoms with van der Waals surface area (Å²) >= 11 is 0. The van der Waals surface area contributed by atoms with Crippen molar-refractivity contribution in [2.75, 3.05) is 26.2 Å². The first-order chi connectivity index (χ1) is 7.22. The Bertz CT molecular complexity index is 202. The van der Waals surface area contributed by atoms with Crippen LogP contribution in [0.2, 0.25) is 0 Å². The van der Waals surface area contributed by atoms with E-state index in [2.05, 4.69) is 25.7 Å². The quantitative estimate of drug-likeness (QED) is 0.693. The van der Waals surface area contributed by atoms with E-state index < -0.39 is 0 Å². The van der Waals surface area contributed by atoms with E-state index in [9.17, 15) is 4.79 Å². The van der Waals surface area contributed by atoms with Gasteiger partial charge in [0.15, 0.2) is 0 Å². The van der Waals surface area contributed by atoms with Crippen LogP contribution in [0.4, 0.5) is 0 Å². The summed E-state index contributed by atoms with van der Waals surface area (Å²) in [6.45, 7) is 10.5. The summed E-state index contributed by atoms with van der Waals surface area (Å²) in [5, 5.41) is 0. The van der Waals surface area contributed by atoms with Gasteiger partial charge in [0, 0.05) is 25.6 Å². The van der Waals surface area contributed by atoms with Gasteiger partial charge in [-0.3, -0.25) is 9.69 Å². The van der Waals surface area contributed by atoms with Gasteiger partial charge < -0.3 is 4.90 Å². The van der Waals surface area contributed by atoms with Crippen LogP contribution < -0.4 is 0 Å². The molecule has 1 aliphatic heterocycles. The van der Waals surface area contributed by atoms with Crippen LogP contribution in [0.5, 0.6) is 0 Å². The number of amides is 1. The van der Waals surface area contributed by atoms with E-state index in [1.807, 2.05) is 4.90 Å². The molecule has 0 spiro atoms. The van der Waals surface area contributed by atoms with E-state index in [1.54, 1.807) is 0 Å². The summed E-state index contributed by atoms with van der Waals surface area (Å²) in [5.74, 6) is 0.340. The van der Waals surface area contributed by atoms with Crippen LogP contribution in [0.15, 0.2) is 0 Å². The minimum absolute atomic E-state index is 0.340. The maximum atomic E-state index is 11.7. The average molecular weight is 212 g/mol. The van der Waals surface area contributed by atoms with Crippen LogP contribution in [-0.4, -0.2) is 47.9 Å². The van der Waals surface area contributed by atoms with Gasteiger partial charge in [0.05, 0.1) is 0 Å². The molecule has 1 fully saturated rings. The van der Waals surface area contributed by atoms with Gasteiger partial charge >= 0.3 is 0 Å². The largest absolute Gasteiger partial charge is 0.341 e. The smallest absolute Gasteiger partial charge is 0.222 e. The lowest BCUT2D eigenvalue weighted by molar-refractivity contribution is -0.130. The Kier molecular flexibility index (Phi) is 5.09. The van der Waals surface area contributed by atoms with Gasteiger partial charge in [-0.25, -0.2) is 0 Å². The highest BCUT2D eigenvalue weighted by Crippen LogP contribution is 2.16. The van der Waals surface area contributed by atoms with Crippen LogP contribution in [0.1, 0.15) is 40.0 Å². The molecule has 0 aromatic heterocycles. The number of likely N-dealkylation sites (N-methyl/N-ethyl adjacent to an activating group) is 1. The van der Waals surface area contributed by atoms with E-state index in [0.29, 0.717) is 18.4 Å². The second-order valence-corrected chi connectivity index (χ2v) is 4.25. The molecule has 1 rings (SSSR count). The molecule has 1 aliphatic rings. The normalized spacial score (nSPS) is 21.3. The molecule has 0 aromatic rings. The minimum atomic E-state index is 0.340. The fourth-order valence-electron chi connectivity index (χ4n) is 2.38. The second-order valence-electron chi connectivity index (χ2n) is 4.25. The monoisotopic (exact) mass is 212 g/mol. The molecular weight excluding hydrogens is 188 g/mol. The first-order valence-corrected chi connectivity index (χ1v) is 6.24. The Hall–Kier alpha value is -0.570. The number of carbonyl (C=O) groups excluding carboxylic acids is 1. The van der Waals surface area contributed by atoms with Gasteiger partial charge in [0.2, 0.25) is 5.91 Å². The fourth-order valence-corrected chi connectivity index (χ4v) is 2.38. The van der Waals surface area contributed by atoms with Gasteiger partial charge in [-0.1, -0.05) is 20.8 Å². The maximum absolute atomic E-state index is 11.7. The standard InChI is InChI=1S/C12H24N2O/c1-4-7-12(15)14-9-8-11(10-14)13(5-2)6-3/h11H,4-10H2,1-3H3. The number of hydrogen-bond acceptors (Lipinski definition) is 2. The number of rotatable bonds is 5. The van der Waals surface area contributed by atoms with Gasteiger partial charge in [-0.2, -0.15) is 0 Å². The molecule has 15 heavy (non-hydrogen) atoms. The van der Waals surface area contributed by atoms with E-state index in [1.165, 1.54) is 0 Å². The highest BCUT2D eigenvalue weighted by molar-refractivity contribution is 5.76. The second kappa shape index (κ2) is 6.11. The van der Waals surface area contributed by atoms with Crippen molar-refractivity contribution in [2.24, 2.45) is 0 Å². The number of hydrogen-bond donors (Lipinski definition) is 0. The summed E-state index contributed by atoms with van der Waals surface area (Å²) in [5.41, 5.74) is 0. The van der Waals surface area contributed by atoms with Crippen LogP contribution in [0.3, 0.4) is 0 Å². The fraction of sp³-hybridized carbons (Fsp3) is 0.917. The molecule has 0 N–H and O–H groups in total. The molecule has 3 heteroatoms. The lowest BCUT2D eigenvalue weighted by Crippen LogP contribution is -2.38. The zero-order chi connectivity index (χ0) is 11.3. The third kappa shape index (κ3) is 3.20. The van der Waals surface area contributed by atoms with Crippen molar-refractivity contribution in [2.45, 2.75) is 46.1 Å². The number of nitrogens with zero attached hydrogens (tertiary/aromatic N) is 2. The van der Waals surface area contributed by atoms with Crippen molar-refractivity contribution in [1.29, 1.82) is 0 Å². The highest BCUT2D eigenvalue weighted by atomic mass is 16.2.